The van der Waals surface area contributed by atoms with Gasteiger partial charge in [-0.05, 0) is 41.7 Å². The van der Waals surface area contributed by atoms with E-state index >= 15 is 0 Å². The Morgan fingerprint density at radius 1 is 1.11 bits per heavy atom. The molecule has 0 bridgehead atoms. The molecule has 0 radical (unpaired) electrons. The maximum absolute atomic E-state index is 12.5. The predicted octanol–water partition coefficient (Wildman–Crippen LogP) is 2.73. The van der Waals surface area contributed by atoms with Crippen LogP contribution in [0.4, 0.5) is 11.4 Å². The molecule has 0 spiro atoms. The molecule has 2 aliphatic rings. The Kier molecular flexibility index (Phi) is 4.77. The number of hydrogen-bond acceptors (Lipinski definition) is 5. The molecule has 1 saturated heterocycles. The van der Waals surface area contributed by atoms with E-state index in [9.17, 15) is 14.9 Å². The minimum absolute atomic E-state index is 0.00634. The van der Waals surface area contributed by atoms with Gasteiger partial charge in [-0.2, -0.15) is 0 Å². The van der Waals surface area contributed by atoms with Crippen LogP contribution in [0.2, 0.25) is 0 Å². The van der Waals surface area contributed by atoms with Crippen LogP contribution in [0.3, 0.4) is 0 Å². The van der Waals surface area contributed by atoms with E-state index in [-0.39, 0.29) is 11.6 Å². The molecule has 1 amide bonds. The molecule has 7 nitrogen and oxygen atoms in total. The number of anilines is 1. The molecule has 2 heterocycles. The monoisotopic (exact) mass is 366 g/mol. The first-order chi connectivity index (χ1) is 13.1. The molecule has 2 aromatic carbocycles. The molecule has 0 saturated carbocycles. The molecule has 140 valence electrons. The van der Waals surface area contributed by atoms with Crippen molar-refractivity contribution in [3.63, 3.8) is 0 Å². The van der Waals surface area contributed by atoms with E-state index in [0.717, 1.165) is 44.6 Å². The molecule has 0 aromatic heterocycles. The Bertz CT molecular complexity index is 891. The van der Waals surface area contributed by atoms with Crippen LogP contribution in [0.15, 0.2) is 36.4 Å². The summed E-state index contributed by atoms with van der Waals surface area (Å²) in [6, 6.07) is 10.9. The highest BCUT2D eigenvalue weighted by molar-refractivity contribution is 5.95. The van der Waals surface area contributed by atoms with Crippen molar-refractivity contribution in [2.45, 2.75) is 32.5 Å². The fourth-order valence-corrected chi connectivity index (χ4v) is 3.78. The molecule has 2 N–H and O–H groups in total. The zero-order chi connectivity index (χ0) is 18.8. The van der Waals surface area contributed by atoms with Gasteiger partial charge in [0.05, 0.1) is 4.92 Å². The fraction of sp³-hybridized carbons (Fsp3) is 0.350. The van der Waals surface area contributed by atoms with E-state index in [0.29, 0.717) is 17.8 Å². The average molecular weight is 366 g/mol. The van der Waals surface area contributed by atoms with E-state index in [1.165, 1.54) is 17.2 Å². The highest BCUT2D eigenvalue weighted by Crippen LogP contribution is 2.31. The average Bonchev–Trinajstić information content (AvgIpc) is 3.36. The number of nitrogens with zero attached hydrogens (tertiary/aromatic N) is 2. The second kappa shape index (κ2) is 7.36. The maximum atomic E-state index is 12.5. The van der Waals surface area contributed by atoms with Gasteiger partial charge in [0.15, 0.2) is 0 Å². The van der Waals surface area contributed by atoms with Crippen molar-refractivity contribution in [1.29, 1.82) is 0 Å². The number of carbonyl (C=O) groups excluding carboxylic acids is 1. The number of fused-ring (bicyclic) bond motifs is 1. The van der Waals surface area contributed by atoms with E-state index in [4.69, 9.17) is 0 Å². The first kappa shape index (κ1) is 17.5. The first-order valence-corrected chi connectivity index (χ1v) is 9.25. The van der Waals surface area contributed by atoms with Gasteiger partial charge >= 0.3 is 0 Å². The Labute approximate surface area is 157 Å². The van der Waals surface area contributed by atoms with Crippen molar-refractivity contribution >= 4 is 17.3 Å². The van der Waals surface area contributed by atoms with Crippen molar-refractivity contribution in [3.05, 3.63) is 68.8 Å². The molecular weight excluding hydrogens is 344 g/mol. The Balaban J connectivity index is 1.48. The van der Waals surface area contributed by atoms with Gasteiger partial charge in [0.1, 0.15) is 5.69 Å². The van der Waals surface area contributed by atoms with Crippen LogP contribution in [0.5, 0.6) is 0 Å². The number of hydrogen-bond donors (Lipinski definition) is 2. The standard InChI is InChI=1S/C20H22N4O3/c25-20(22-11-14-3-4-16-12-21-13-17(16)9-14)15-5-6-18(19(10-15)24(26)27)23-7-1-2-8-23/h3-6,9-10,21H,1-2,7-8,11-13H2,(H,22,25). The lowest BCUT2D eigenvalue weighted by atomic mass is 10.1. The molecule has 0 aliphatic carbocycles. The summed E-state index contributed by atoms with van der Waals surface area (Å²) in [5.41, 5.74) is 4.47. The summed E-state index contributed by atoms with van der Waals surface area (Å²) >= 11 is 0. The van der Waals surface area contributed by atoms with Gasteiger partial charge in [-0.1, -0.05) is 18.2 Å². The number of amides is 1. The molecule has 7 heteroatoms. The summed E-state index contributed by atoms with van der Waals surface area (Å²) in [4.78, 5) is 25.6. The maximum Gasteiger partial charge on any atom is 0.293 e. The van der Waals surface area contributed by atoms with Crippen molar-refractivity contribution in [3.8, 4) is 0 Å². The van der Waals surface area contributed by atoms with Crippen LogP contribution in [0.25, 0.3) is 0 Å². The van der Waals surface area contributed by atoms with E-state index in [1.54, 1.807) is 12.1 Å². The summed E-state index contributed by atoms with van der Waals surface area (Å²) in [5.74, 6) is -0.301. The Hall–Kier alpha value is -2.93. The third-order valence-corrected chi connectivity index (χ3v) is 5.24. The zero-order valence-electron chi connectivity index (χ0n) is 15.0. The number of nitro groups is 1. The van der Waals surface area contributed by atoms with E-state index in [1.807, 2.05) is 11.0 Å². The predicted molar refractivity (Wildman–Crippen MR) is 103 cm³/mol. The van der Waals surface area contributed by atoms with Gasteiger partial charge in [-0.25, -0.2) is 0 Å². The number of benzene rings is 2. The number of nitro benzene ring substituents is 1. The van der Waals surface area contributed by atoms with Crippen LogP contribution in [-0.2, 0) is 19.6 Å². The molecule has 2 aliphatic heterocycles. The molecule has 1 fully saturated rings. The molecule has 4 rings (SSSR count). The van der Waals surface area contributed by atoms with Crippen LogP contribution in [0.1, 0.15) is 39.9 Å². The number of carbonyl (C=O) groups is 1. The van der Waals surface area contributed by atoms with Crippen LogP contribution >= 0.6 is 0 Å². The lowest BCUT2D eigenvalue weighted by Gasteiger charge is -2.17. The lowest BCUT2D eigenvalue weighted by molar-refractivity contribution is -0.384. The highest BCUT2D eigenvalue weighted by atomic mass is 16.6. The fourth-order valence-electron chi connectivity index (χ4n) is 3.78. The zero-order valence-corrected chi connectivity index (χ0v) is 15.0. The first-order valence-electron chi connectivity index (χ1n) is 9.25. The van der Waals surface area contributed by atoms with Gasteiger partial charge in [0.2, 0.25) is 0 Å². The molecule has 0 unspecified atom stereocenters. The van der Waals surface area contributed by atoms with E-state index < -0.39 is 4.92 Å². The smallest absolute Gasteiger partial charge is 0.293 e. The van der Waals surface area contributed by atoms with Gasteiger partial charge in [0, 0.05) is 44.4 Å². The summed E-state index contributed by atoms with van der Waals surface area (Å²) in [6.07, 6.45) is 2.07. The normalized spacial score (nSPS) is 15.6. The minimum atomic E-state index is -0.405. The highest BCUT2D eigenvalue weighted by Gasteiger charge is 2.23. The second-order valence-electron chi connectivity index (χ2n) is 7.04. The third kappa shape index (κ3) is 3.64. The van der Waals surface area contributed by atoms with Gasteiger partial charge < -0.3 is 15.5 Å². The summed E-state index contributed by atoms with van der Waals surface area (Å²) in [7, 11) is 0. The van der Waals surface area contributed by atoms with Crippen LogP contribution in [0, 0.1) is 10.1 Å². The summed E-state index contributed by atoms with van der Waals surface area (Å²) in [5, 5.41) is 17.6. The molecule has 0 atom stereocenters. The van der Waals surface area contributed by atoms with Gasteiger partial charge in [-0.15, -0.1) is 0 Å². The van der Waals surface area contributed by atoms with Gasteiger partial charge in [-0.3, -0.25) is 14.9 Å². The van der Waals surface area contributed by atoms with Crippen molar-refractivity contribution in [1.82, 2.24) is 10.6 Å². The third-order valence-electron chi connectivity index (χ3n) is 5.24. The SMILES string of the molecule is O=C(NCc1ccc2c(c1)CNC2)c1ccc(N2CCCC2)c([N+](=O)[O-])c1. The number of rotatable bonds is 5. The minimum Gasteiger partial charge on any atom is -0.366 e. The van der Waals surface area contributed by atoms with Crippen molar-refractivity contribution in [2.24, 2.45) is 0 Å². The van der Waals surface area contributed by atoms with Crippen LogP contribution in [-0.4, -0.2) is 23.9 Å². The van der Waals surface area contributed by atoms with Crippen molar-refractivity contribution < 1.29 is 9.72 Å². The quantitative estimate of drug-likeness (QED) is 0.628. The van der Waals surface area contributed by atoms with Crippen LogP contribution < -0.4 is 15.5 Å². The second-order valence-corrected chi connectivity index (χ2v) is 7.04. The van der Waals surface area contributed by atoms with E-state index in [2.05, 4.69) is 22.8 Å². The molecular formula is C20H22N4O3. The summed E-state index contributed by atoms with van der Waals surface area (Å²) in [6.45, 7) is 3.77. The summed E-state index contributed by atoms with van der Waals surface area (Å²) < 4.78 is 0. The van der Waals surface area contributed by atoms with Crippen molar-refractivity contribution in [2.75, 3.05) is 18.0 Å². The van der Waals surface area contributed by atoms with Gasteiger partial charge in [0.25, 0.3) is 11.6 Å². The Morgan fingerprint density at radius 2 is 1.89 bits per heavy atom. The molecule has 2 aromatic rings. The largest absolute Gasteiger partial charge is 0.366 e. The molecule has 27 heavy (non-hydrogen) atoms. The lowest BCUT2D eigenvalue weighted by Crippen LogP contribution is -2.24. The topological polar surface area (TPSA) is 87.5 Å². The Morgan fingerprint density at radius 3 is 2.67 bits per heavy atom. The number of nitrogens with one attached hydrogen (secondary N) is 2.